The lowest BCUT2D eigenvalue weighted by Crippen LogP contribution is -2.65. The summed E-state index contributed by atoms with van der Waals surface area (Å²) in [6, 6.07) is 20.2. The van der Waals surface area contributed by atoms with E-state index in [-0.39, 0.29) is 26.1 Å². The van der Waals surface area contributed by atoms with E-state index in [2.05, 4.69) is 15.6 Å². The Kier molecular flexibility index (Phi) is 8.11. The molecule has 2 saturated heterocycles. The van der Waals surface area contributed by atoms with E-state index in [0.717, 1.165) is 27.3 Å². The van der Waals surface area contributed by atoms with Gasteiger partial charge in [-0.05, 0) is 55.2 Å². The first kappa shape index (κ1) is 28.0. The number of aryl methyl sites for hydroxylation is 1. The summed E-state index contributed by atoms with van der Waals surface area (Å²) in [5.41, 5.74) is 2.82. The zero-order chi connectivity index (χ0) is 29.0. The third-order valence-corrected chi connectivity index (χ3v) is 7.73. The highest BCUT2D eigenvalue weighted by Crippen LogP contribution is 2.37. The van der Waals surface area contributed by atoms with Gasteiger partial charge in [0, 0.05) is 25.8 Å². The largest absolute Gasteiger partial charge is 0.465 e. The van der Waals surface area contributed by atoms with Crippen molar-refractivity contribution < 1.29 is 23.9 Å². The molecule has 0 aliphatic carbocycles. The van der Waals surface area contributed by atoms with Crippen LogP contribution in [0.15, 0.2) is 72.9 Å². The molecule has 3 heterocycles. The zero-order valence-corrected chi connectivity index (χ0v) is 23.1. The maximum absolute atomic E-state index is 14.1. The topological polar surface area (TPSA) is 121 Å². The molecule has 5 rings (SSSR count). The van der Waals surface area contributed by atoms with E-state index in [1.165, 1.54) is 0 Å². The fourth-order valence-electron chi connectivity index (χ4n) is 5.52. The van der Waals surface area contributed by atoms with Crippen LogP contribution in [-0.2, 0) is 25.7 Å². The van der Waals surface area contributed by atoms with Crippen molar-refractivity contribution in [1.29, 1.82) is 0 Å². The smallest absolute Gasteiger partial charge is 0.329 e. The second-order valence-corrected chi connectivity index (χ2v) is 10.3. The van der Waals surface area contributed by atoms with Crippen molar-refractivity contribution in [1.82, 2.24) is 20.5 Å². The quantitative estimate of drug-likeness (QED) is 0.324. The molecule has 2 fully saturated rings. The summed E-state index contributed by atoms with van der Waals surface area (Å²) in [5, 5.41) is 5.49. The molecule has 0 saturated carbocycles. The number of urea groups is 1. The highest BCUT2D eigenvalue weighted by atomic mass is 16.5. The van der Waals surface area contributed by atoms with E-state index in [1.54, 1.807) is 25.3 Å². The number of amides is 4. The van der Waals surface area contributed by atoms with Gasteiger partial charge in [0.2, 0.25) is 5.91 Å². The number of rotatable bonds is 8. The molecule has 2 unspecified atom stereocenters. The van der Waals surface area contributed by atoms with Crippen molar-refractivity contribution in [2.24, 2.45) is 5.92 Å². The number of carbonyl (C=O) groups is 4. The third-order valence-electron chi connectivity index (χ3n) is 7.73. The van der Waals surface area contributed by atoms with Crippen molar-refractivity contribution in [2.45, 2.75) is 32.4 Å². The third kappa shape index (κ3) is 5.69. The normalized spacial score (nSPS) is 20.6. The van der Waals surface area contributed by atoms with E-state index in [4.69, 9.17) is 4.74 Å². The molecular formula is C31H33N5O5. The Hall–Kier alpha value is -4.57. The molecule has 0 radical (unpaired) electrons. The van der Waals surface area contributed by atoms with Gasteiger partial charge in [-0.1, -0.05) is 48.5 Å². The predicted octanol–water partition coefficient (Wildman–Crippen LogP) is 3.05. The summed E-state index contributed by atoms with van der Waals surface area (Å²) in [6.45, 7) is 4.65. The predicted molar refractivity (Wildman–Crippen MR) is 153 cm³/mol. The van der Waals surface area contributed by atoms with E-state index < -0.39 is 35.3 Å². The SMILES string of the molecule is CCOC(=O)CNC(=O)C1CN(Cc2ncccc2C)CCC12NC(=O)N(c1ccc(-c3ccccc3)cc1)C2=O. The molecule has 2 aromatic carbocycles. The number of likely N-dealkylation sites (tertiary alicyclic amines) is 1. The zero-order valence-electron chi connectivity index (χ0n) is 23.1. The number of anilines is 1. The summed E-state index contributed by atoms with van der Waals surface area (Å²) in [6.07, 6.45) is 1.94. The van der Waals surface area contributed by atoms with Crippen molar-refractivity contribution in [3.05, 3.63) is 84.2 Å². The Balaban J connectivity index is 1.40. The highest BCUT2D eigenvalue weighted by molar-refractivity contribution is 6.24. The number of esters is 1. The number of imide groups is 1. The van der Waals surface area contributed by atoms with Gasteiger partial charge >= 0.3 is 12.0 Å². The Morgan fingerprint density at radius 2 is 1.78 bits per heavy atom. The van der Waals surface area contributed by atoms with E-state index >= 15 is 0 Å². The molecule has 2 N–H and O–H groups in total. The summed E-state index contributed by atoms with van der Waals surface area (Å²) in [4.78, 5) is 60.5. The first-order valence-electron chi connectivity index (χ1n) is 13.7. The Morgan fingerprint density at radius 3 is 2.49 bits per heavy atom. The maximum Gasteiger partial charge on any atom is 0.329 e. The number of hydrogen-bond acceptors (Lipinski definition) is 7. The van der Waals surface area contributed by atoms with Gasteiger partial charge in [-0.3, -0.25) is 24.3 Å². The minimum atomic E-state index is -1.45. The Morgan fingerprint density at radius 1 is 1.05 bits per heavy atom. The van der Waals surface area contributed by atoms with E-state index in [0.29, 0.717) is 18.8 Å². The van der Waals surface area contributed by atoms with Gasteiger partial charge in [-0.15, -0.1) is 0 Å². The molecule has 212 valence electrons. The van der Waals surface area contributed by atoms with Crippen molar-refractivity contribution >= 4 is 29.5 Å². The molecular weight excluding hydrogens is 522 g/mol. The molecule has 2 aliphatic rings. The van der Waals surface area contributed by atoms with Crippen LogP contribution in [0, 0.1) is 12.8 Å². The van der Waals surface area contributed by atoms with Crippen LogP contribution in [0.4, 0.5) is 10.5 Å². The van der Waals surface area contributed by atoms with Gasteiger partial charge in [0.25, 0.3) is 5.91 Å². The van der Waals surface area contributed by atoms with Gasteiger partial charge in [0.05, 0.1) is 23.9 Å². The number of benzene rings is 2. The number of nitrogens with one attached hydrogen (secondary N) is 2. The number of nitrogens with zero attached hydrogens (tertiary/aromatic N) is 3. The fraction of sp³-hybridized carbons (Fsp3) is 0.323. The van der Waals surface area contributed by atoms with Crippen molar-refractivity contribution in [3.63, 3.8) is 0 Å². The highest BCUT2D eigenvalue weighted by Gasteiger charge is 2.60. The van der Waals surface area contributed by atoms with E-state index in [1.807, 2.05) is 66.4 Å². The average Bonchev–Trinajstić information content (AvgIpc) is 3.23. The number of aromatic nitrogens is 1. The van der Waals surface area contributed by atoms with Gasteiger partial charge in [-0.2, -0.15) is 0 Å². The van der Waals surface area contributed by atoms with Gasteiger partial charge < -0.3 is 15.4 Å². The number of hydrogen-bond donors (Lipinski definition) is 2. The second kappa shape index (κ2) is 11.9. The number of pyridine rings is 1. The molecule has 41 heavy (non-hydrogen) atoms. The molecule has 4 amide bonds. The van der Waals surface area contributed by atoms with Crippen LogP contribution in [0.25, 0.3) is 11.1 Å². The molecule has 3 aromatic rings. The van der Waals surface area contributed by atoms with Gasteiger partial charge in [0.1, 0.15) is 12.1 Å². The van der Waals surface area contributed by atoms with Crippen LogP contribution in [0.2, 0.25) is 0 Å². The molecule has 0 bridgehead atoms. The van der Waals surface area contributed by atoms with Gasteiger partial charge in [-0.25, -0.2) is 9.69 Å². The summed E-state index contributed by atoms with van der Waals surface area (Å²) in [5.74, 6) is -2.51. The summed E-state index contributed by atoms with van der Waals surface area (Å²) in [7, 11) is 0. The standard InChI is InChI=1S/C31H33N5O5/c1-3-41-27(37)18-33-28(38)25-19-35(20-26-21(2)8-7-16-32-26)17-15-31(25)29(39)36(30(40)34-31)24-13-11-23(12-14-24)22-9-5-4-6-10-22/h4-14,16,25H,3,15,17-20H2,1-2H3,(H,33,38)(H,34,40). The first-order chi connectivity index (χ1) is 19.8. The lowest BCUT2D eigenvalue weighted by atomic mass is 9.76. The lowest BCUT2D eigenvalue weighted by molar-refractivity contribution is -0.145. The number of piperidine rings is 1. The minimum Gasteiger partial charge on any atom is -0.465 e. The minimum absolute atomic E-state index is 0.186. The average molecular weight is 556 g/mol. The van der Waals surface area contributed by atoms with Crippen LogP contribution in [0.1, 0.15) is 24.6 Å². The van der Waals surface area contributed by atoms with Crippen LogP contribution in [-0.4, -0.2) is 65.5 Å². The molecule has 1 aromatic heterocycles. The molecule has 10 heteroatoms. The molecule has 1 spiro atoms. The van der Waals surface area contributed by atoms with E-state index in [9.17, 15) is 19.2 Å². The van der Waals surface area contributed by atoms with Crippen LogP contribution in [0.3, 0.4) is 0 Å². The van der Waals surface area contributed by atoms with Crippen LogP contribution >= 0.6 is 0 Å². The molecule has 2 atom stereocenters. The van der Waals surface area contributed by atoms with Crippen molar-refractivity contribution in [2.75, 3.05) is 31.1 Å². The van der Waals surface area contributed by atoms with Crippen LogP contribution in [0.5, 0.6) is 0 Å². The van der Waals surface area contributed by atoms with Gasteiger partial charge in [0.15, 0.2) is 0 Å². The second-order valence-electron chi connectivity index (χ2n) is 10.3. The van der Waals surface area contributed by atoms with Crippen molar-refractivity contribution in [3.8, 4) is 11.1 Å². The number of ether oxygens (including phenoxy) is 1. The maximum atomic E-state index is 14.1. The lowest BCUT2D eigenvalue weighted by Gasteiger charge is -2.43. The number of carbonyl (C=O) groups excluding carboxylic acids is 4. The monoisotopic (exact) mass is 555 g/mol. The summed E-state index contributed by atoms with van der Waals surface area (Å²) < 4.78 is 4.95. The Bertz CT molecular complexity index is 1440. The van der Waals surface area contributed by atoms with Crippen LogP contribution < -0.4 is 15.5 Å². The fourth-order valence-corrected chi connectivity index (χ4v) is 5.52. The summed E-state index contributed by atoms with van der Waals surface area (Å²) >= 11 is 0. The molecule has 2 aliphatic heterocycles. The Labute approximate surface area is 238 Å². The molecule has 10 nitrogen and oxygen atoms in total. The first-order valence-corrected chi connectivity index (χ1v) is 13.7.